The van der Waals surface area contributed by atoms with Gasteiger partial charge in [-0.15, -0.1) is 0 Å². The van der Waals surface area contributed by atoms with E-state index in [4.69, 9.17) is 17.3 Å². The molecule has 4 nitrogen and oxygen atoms in total. The van der Waals surface area contributed by atoms with E-state index in [0.717, 1.165) is 16.5 Å². The number of hydrogen-bond acceptors (Lipinski definition) is 2. The van der Waals surface area contributed by atoms with Crippen LogP contribution >= 0.6 is 23.8 Å². The number of thiocarbonyl (C=S) groups is 1. The number of benzene rings is 1. The Balaban J connectivity index is 2.32. The Hall–Kier alpha value is -1.59. The van der Waals surface area contributed by atoms with Gasteiger partial charge in [0.05, 0.1) is 6.21 Å². The Morgan fingerprint density at radius 2 is 2.38 bits per heavy atom. The van der Waals surface area contributed by atoms with E-state index in [1.165, 1.54) is 0 Å². The Bertz CT molecular complexity index is 561. The number of aromatic amines is 1. The fraction of sp³-hybridized carbons (Fsp3) is 0. The van der Waals surface area contributed by atoms with Crippen molar-refractivity contribution in [3.63, 3.8) is 0 Å². The molecule has 4 N–H and O–H groups in total. The smallest absolute Gasteiger partial charge is 0.184 e. The van der Waals surface area contributed by atoms with Crippen molar-refractivity contribution >= 4 is 46.0 Å². The molecule has 0 saturated heterocycles. The summed E-state index contributed by atoms with van der Waals surface area (Å²) in [6, 6.07) is 5.61. The minimum absolute atomic E-state index is 0.138. The topological polar surface area (TPSA) is 66.2 Å². The van der Waals surface area contributed by atoms with E-state index in [-0.39, 0.29) is 5.11 Å². The third kappa shape index (κ3) is 2.32. The van der Waals surface area contributed by atoms with Gasteiger partial charge in [-0.05, 0) is 24.4 Å². The standard InChI is InChI=1S/C10H9ClN4S/c11-7-1-2-8-6(4-13-9(8)3-7)5-14-15-10(12)16/h1-5,13H,(H3,12,15,16)/b14-5+. The molecule has 0 fully saturated rings. The van der Waals surface area contributed by atoms with Crippen LogP contribution in [-0.2, 0) is 0 Å². The first-order chi connectivity index (χ1) is 7.66. The second-order valence-electron chi connectivity index (χ2n) is 3.17. The molecular formula is C10H9ClN4S. The summed E-state index contributed by atoms with van der Waals surface area (Å²) in [4.78, 5) is 3.10. The molecule has 0 radical (unpaired) electrons. The number of nitrogens with two attached hydrogens (primary N) is 1. The van der Waals surface area contributed by atoms with Crippen molar-refractivity contribution in [3.8, 4) is 0 Å². The lowest BCUT2D eigenvalue weighted by atomic mass is 10.2. The molecule has 2 rings (SSSR count). The number of nitrogens with one attached hydrogen (secondary N) is 2. The zero-order chi connectivity index (χ0) is 11.5. The predicted molar refractivity (Wildman–Crippen MR) is 70.8 cm³/mol. The molecule has 0 unspecified atom stereocenters. The molecule has 0 aliphatic carbocycles. The van der Waals surface area contributed by atoms with Gasteiger partial charge in [-0.1, -0.05) is 17.7 Å². The molecule has 1 heterocycles. The Kier molecular flexibility index (Phi) is 3.07. The summed E-state index contributed by atoms with van der Waals surface area (Å²) >= 11 is 10.5. The van der Waals surface area contributed by atoms with Crippen molar-refractivity contribution in [1.82, 2.24) is 10.4 Å². The summed E-state index contributed by atoms with van der Waals surface area (Å²) in [6.07, 6.45) is 3.48. The van der Waals surface area contributed by atoms with Gasteiger partial charge in [-0.25, -0.2) is 0 Å². The first kappa shape index (κ1) is 10.9. The van der Waals surface area contributed by atoms with Crippen LogP contribution in [0, 0.1) is 0 Å². The van der Waals surface area contributed by atoms with Gasteiger partial charge in [-0.3, -0.25) is 5.43 Å². The second-order valence-corrected chi connectivity index (χ2v) is 4.04. The monoisotopic (exact) mass is 252 g/mol. The highest BCUT2D eigenvalue weighted by molar-refractivity contribution is 7.80. The maximum absolute atomic E-state index is 5.87. The number of fused-ring (bicyclic) bond motifs is 1. The van der Waals surface area contributed by atoms with Gasteiger partial charge < -0.3 is 10.7 Å². The molecule has 6 heteroatoms. The van der Waals surface area contributed by atoms with Crippen molar-refractivity contribution in [2.75, 3.05) is 0 Å². The van der Waals surface area contributed by atoms with E-state index in [9.17, 15) is 0 Å². The van der Waals surface area contributed by atoms with Crippen LogP contribution in [0.1, 0.15) is 5.56 Å². The summed E-state index contributed by atoms with van der Waals surface area (Å²) in [6.45, 7) is 0. The van der Waals surface area contributed by atoms with E-state index in [1.807, 2.05) is 24.4 Å². The minimum atomic E-state index is 0.138. The van der Waals surface area contributed by atoms with Crippen LogP contribution in [0.5, 0.6) is 0 Å². The largest absolute Gasteiger partial charge is 0.375 e. The molecule has 2 aromatic rings. The van der Waals surface area contributed by atoms with Crippen molar-refractivity contribution in [2.45, 2.75) is 0 Å². The molecule has 0 bridgehead atoms. The fourth-order valence-corrected chi connectivity index (χ4v) is 1.62. The number of H-pyrrole nitrogens is 1. The quantitative estimate of drug-likeness (QED) is 0.435. The van der Waals surface area contributed by atoms with Gasteiger partial charge in [0.15, 0.2) is 5.11 Å². The molecule has 1 aromatic carbocycles. The van der Waals surface area contributed by atoms with Crippen LogP contribution in [0.2, 0.25) is 5.02 Å². The fourth-order valence-electron chi connectivity index (χ4n) is 1.39. The van der Waals surface area contributed by atoms with Crippen LogP contribution in [0.4, 0.5) is 0 Å². The van der Waals surface area contributed by atoms with Crippen LogP contribution in [0.15, 0.2) is 29.5 Å². The summed E-state index contributed by atoms with van der Waals surface area (Å²) in [5.41, 5.74) is 9.65. The maximum atomic E-state index is 5.87. The molecule has 16 heavy (non-hydrogen) atoms. The molecule has 1 aromatic heterocycles. The highest BCUT2D eigenvalue weighted by Gasteiger charge is 2.01. The highest BCUT2D eigenvalue weighted by Crippen LogP contribution is 2.20. The van der Waals surface area contributed by atoms with E-state index in [1.54, 1.807) is 6.21 Å². The number of hydrazone groups is 1. The summed E-state index contributed by atoms with van der Waals surface area (Å²) in [7, 11) is 0. The summed E-state index contributed by atoms with van der Waals surface area (Å²) < 4.78 is 0. The number of hydrogen-bond donors (Lipinski definition) is 3. The predicted octanol–water partition coefficient (Wildman–Crippen LogP) is 1.99. The third-order valence-electron chi connectivity index (χ3n) is 2.05. The number of aromatic nitrogens is 1. The molecule has 82 valence electrons. The molecule has 0 aliphatic heterocycles. The van der Waals surface area contributed by atoms with Gasteiger partial charge in [0.25, 0.3) is 0 Å². The van der Waals surface area contributed by atoms with Crippen LogP contribution in [0.3, 0.4) is 0 Å². The van der Waals surface area contributed by atoms with E-state index >= 15 is 0 Å². The molecule has 0 spiro atoms. The third-order valence-corrected chi connectivity index (χ3v) is 2.38. The zero-order valence-corrected chi connectivity index (χ0v) is 9.77. The molecule has 0 amide bonds. The lowest BCUT2D eigenvalue weighted by Gasteiger charge is -1.94. The van der Waals surface area contributed by atoms with Gasteiger partial charge in [0.2, 0.25) is 0 Å². The van der Waals surface area contributed by atoms with E-state index < -0.39 is 0 Å². The van der Waals surface area contributed by atoms with Crippen LogP contribution < -0.4 is 11.2 Å². The van der Waals surface area contributed by atoms with Crippen molar-refractivity contribution in [1.29, 1.82) is 0 Å². The van der Waals surface area contributed by atoms with Gasteiger partial charge in [-0.2, -0.15) is 5.10 Å². The first-order valence-electron chi connectivity index (χ1n) is 4.52. The summed E-state index contributed by atoms with van der Waals surface area (Å²) in [5, 5.41) is 5.76. The Labute approximate surface area is 102 Å². The van der Waals surface area contributed by atoms with E-state index in [0.29, 0.717) is 5.02 Å². The van der Waals surface area contributed by atoms with E-state index in [2.05, 4.69) is 27.7 Å². The van der Waals surface area contributed by atoms with Gasteiger partial charge >= 0.3 is 0 Å². The average Bonchev–Trinajstić information content (AvgIpc) is 2.60. The molecule has 0 saturated carbocycles. The molecular weight excluding hydrogens is 244 g/mol. The average molecular weight is 253 g/mol. The lowest BCUT2D eigenvalue weighted by Crippen LogP contribution is -2.23. The SMILES string of the molecule is NC(=S)N/N=C/c1c[nH]c2cc(Cl)ccc12. The Morgan fingerprint density at radius 1 is 1.56 bits per heavy atom. The van der Waals surface area contributed by atoms with Gasteiger partial charge in [0.1, 0.15) is 0 Å². The minimum Gasteiger partial charge on any atom is -0.375 e. The summed E-state index contributed by atoms with van der Waals surface area (Å²) in [5.74, 6) is 0. The second kappa shape index (κ2) is 4.51. The molecule has 0 atom stereocenters. The van der Waals surface area contributed by atoms with Gasteiger partial charge in [0, 0.05) is 27.7 Å². The van der Waals surface area contributed by atoms with Crippen LogP contribution in [0.25, 0.3) is 10.9 Å². The number of nitrogens with zero attached hydrogens (tertiary/aromatic N) is 1. The van der Waals surface area contributed by atoms with Crippen molar-refractivity contribution in [3.05, 3.63) is 35.0 Å². The first-order valence-corrected chi connectivity index (χ1v) is 5.30. The lowest BCUT2D eigenvalue weighted by molar-refractivity contribution is 1.04. The highest BCUT2D eigenvalue weighted by atomic mass is 35.5. The molecule has 0 aliphatic rings. The maximum Gasteiger partial charge on any atom is 0.184 e. The number of halogens is 1. The van der Waals surface area contributed by atoms with Crippen molar-refractivity contribution < 1.29 is 0 Å². The van der Waals surface area contributed by atoms with Crippen LogP contribution in [-0.4, -0.2) is 16.3 Å². The van der Waals surface area contributed by atoms with Crippen molar-refractivity contribution in [2.24, 2.45) is 10.8 Å². The normalized spacial score (nSPS) is 11.1. The Morgan fingerprint density at radius 3 is 3.12 bits per heavy atom. The number of rotatable bonds is 2. The zero-order valence-electron chi connectivity index (χ0n) is 8.20.